The quantitative estimate of drug-likeness (QED) is 0.396. The minimum absolute atomic E-state index is 0.419. The Labute approximate surface area is 75.8 Å². The minimum Gasteiger partial charge on any atom is -0.452 e. The maximum atomic E-state index is 10.5. The molecule has 0 unspecified atom stereocenters. The van der Waals surface area contributed by atoms with Gasteiger partial charge in [-0.15, -0.1) is 0 Å². The second-order valence-corrected chi connectivity index (χ2v) is 2.90. The summed E-state index contributed by atoms with van der Waals surface area (Å²) in [6, 6.07) is 0.476. The zero-order valence-corrected chi connectivity index (χ0v) is 7.53. The molecule has 1 amide bonds. The van der Waals surface area contributed by atoms with Crippen molar-refractivity contribution in [1.82, 2.24) is 16.2 Å². The van der Waals surface area contributed by atoms with Crippen LogP contribution in [0.15, 0.2) is 0 Å². The lowest BCUT2D eigenvalue weighted by atomic mass is 10.7. The molecular formula is C6H11N3O2S. The Bertz CT molecular complexity index is 193. The van der Waals surface area contributed by atoms with E-state index in [0.717, 1.165) is 12.8 Å². The molecule has 0 bridgehead atoms. The largest absolute Gasteiger partial charge is 0.452 e. The second-order valence-electron chi connectivity index (χ2n) is 2.49. The molecule has 1 rings (SSSR count). The van der Waals surface area contributed by atoms with Crippen LogP contribution in [0.5, 0.6) is 0 Å². The standard InChI is InChI=1S/C6H11N3O2S/c1-11-6(10)9-8-5(12)7-4-2-3-4/h4H,2-3H2,1H3,(H,9,10)(H2,7,8,12). The van der Waals surface area contributed by atoms with Gasteiger partial charge in [-0.2, -0.15) is 0 Å². The normalized spacial score (nSPS) is 14.8. The van der Waals surface area contributed by atoms with Gasteiger partial charge in [-0.25, -0.2) is 10.2 Å². The third kappa shape index (κ3) is 3.38. The second kappa shape index (κ2) is 4.10. The fraction of sp³-hybridized carbons (Fsp3) is 0.667. The summed E-state index contributed by atoms with van der Waals surface area (Å²) in [6.45, 7) is 0. The number of hydrogen-bond donors (Lipinski definition) is 3. The smallest absolute Gasteiger partial charge is 0.425 e. The Morgan fingerprint density at radius 2 is 2.17 bits per heavy atom. The fourth-order valence-corrected chi connectivity index (χ4v) is 0.826. The van der Waals surface area contributed by atoms with Crippen LogP contribution in [-0.4, -0.2) is 24.4 Å². The summed E-state index contributed by atoms with van der Waals surface area (Å²) in [6.07, 6.45) is 1.72. The van der Waals surface area contributed by atoms with Crippen LogP contribution in [0.4, 0.5) is 4.79 Å². The van der Waals surface area contributed by atoms with Crippen LogP contribution < -0.4 is 16.2 Å². The number of hydrogen-bond acceptors (Lipinski definition) is 3. The van der Waals surface area contributed by atoms with Crippen molar-refractivity contribution in [3.8, 4) is 0 Å². The number of rotatable bonds is 1. The number of ether oxygens (including phenoxy) is 1. The van der Waals surface area contributed by atoms with Crippen LogP contribution in [0.1, 0.15) is 12.8 Å². The summed E-state index contributed by atoms with van der Waals surface area (Å²) in [7, 11) is 1.29. The van der Waals surface area contributed by atoms with Crippen LogP contribution >= 0.6 is 12.2 Å². The third-order valence-corrected chi connectivity index (χ3v) is 1.60. The van der Waals surface area contributed by atoms with Crippen LogP contribution in [-0.2, 0) is 4.74 Å². The molecule has 1 saturated carbocycles. The topological polar surface area (TPSA) is 62.4 Å². The molecule has 1 aliphatic rings. The first-order valence-electron chi connectivity index (χ1n) is 3.63. The molecule has 1 aliphatic carbocycles. The molecule has 0 saturated heterocycles. The van der Waals surface area contributed by atoms with Crippen molar-refractivity contribution in [2.24, 2.45) is 0 Å². The number of carbonyl (C=O) groups excluding carboxylic acids is 1. The first-order valence-corrected chi connectivity index (χ1v) is 4.03. The number of carbonyl (C=O) groups is 1. The van der Waals surface area contributed by atoms with Crippen molar-refractivity contribution in [3.05, 3.63) is 0 Å². The zero-order chi connectivity index (χ0) is 8.97. The molecule has 68 valence electrons. The maximum absolute atomic E-state index is 10.5. The molecule has 0 radical (unpaired) electrons. The van der Waals surface area contributed by atoms with Crippen molar-refractivity contribution in [3.63, 3.8) is 0 Å². The highest BCUT2D eigenvalue weighted by molar-refractivity contribution is 7.80. The van der Waals surface area contributed by atoms with Gasteiger partial charge in [0.25, 0.3) is 0 Å². The summed E-state index contributed by atoms with van der Waals surface area (Å²) in [5.74, 6) is 0. The predicted octanol–water partition coefficient (Wildman–Crippen LogP) is -0.116. The van der Waals surface area contributed by atoms with Crippen LogP contribution in [0.2, 0.25) is 0 Å². The van der Waals surface area contributed by atoms with Gasteiger partial charge in [0.15, 0.2) is 5.11 Å². The van der Waals surface area contributed by atoms with Crippen LogP contribution in [0.25, 0.3) is 0 Å². The SMILES string of the molecule is COC(=O)NNC(=S)NC1CC1. The zero-order valence-electron chi connectivity index (χ0n) is 6.72. The molecule has 0 aromatic rings. The first kappa shape index (κ1) is 9.05. The average Bonchev–Trinajstić information content (AvgIpc) is 2.84. The highest BCUT2D eigenvalue weighted by Gasteiger charge is 2.21. The van der Waals surface area contributed by atoms with E-state index in [1.165, 1.54) is 7.11 Å². The summed E-state index contributed by atoms with van der Waals surface area (Å²) >= 11 is 4.84. The molecule has 12 heavy (non-hydrogen) atoms. The Hall–Kier alpha value is -1.04. The van der Waals surface area contributed by atoms with Gasteiger partial charge in [-0.05, 0) is 25.1 Å². The molecule has 3 N–H and O–H groups in total. The van der Waals surface area contributed by atoms with E-state index in [-0.39, 0.29) is 0 Å². The highest BCUT2D eigenvalue weighted by atomic mass is 32.1. The summed E-state index contributed by atoms with van der Waals surface area (Å²) < 4.78 is 4.32. The summed E-state index contributed by atoms with van der Waals surface area (Å²) in [5, 5.41) is 3.40. The van der Waals surface area contributed by atoms with Gasteiger partial charge in [0.1, 0.15) is 0 Å². The summed E-state index contributed by atoms with van der Waals surface area (Å²) in [5.41, 5.74) is 4.75. The Balaban J connectivity index is 2.04. The van der Waals surface area contributed by atoms with E-state index in [1.54, 1.807) is 0 Å². The third-order valence-electron chi connectivity index (χ3n) is 1.38. The van der Waals surface area contributed by atoms with Crippen molar-refractivity contribution in [2.45, 2.75) is 18.9 Å². The van der Waals surface area contributed by atoms with Gasteiger partial charge < -0.3 is 10.1 Å². The van der Waals surface area contributed by atoms with Crippen LogP contribution in [0.3, 0.4) is 0 Å². The fourth-order valence-electron chi connectivity index (χ4n) is 0.608. The molecule has 0 aromatic heterocycles. The van der Waals surface area contributed by atoms with E-state index < -0.39 is 6.09 Å². The van der Waals surface area contributed by atoms with E-state index in [9.17, 15) is 4.79 Å². The van der Waals surface area contributed by atoms with Crippen molar-refractivity contribution in [1.29, 1.82) is 0 Å². The molecule has 0 heterocycles. The lowest BCUT2D eigenvalue weighted by molar-refractivity contribution is 0.168. The molecular weight excluding hydrogens is 178 g/mol. The van der Waals surface area contributed by atoms with Gasteiger partial charge in [-0.3, -0.25) is 5.43 Å². The van der Waals surface area contributed by atoms with E-state index >= 15 is 0 Å². The van der Waals surface area contributed by atoms with Gasteiger partial charge in [0.05, 0.1) is 7.11 Å². The minimum atomic E-state index is -0.560. The molecule has 6 heteroatoms. The van der Waals surface area contributed by atoms with E-state index in [4.69, 9.17) is 12.2 Å². The first-order chi connectivity index (χ1) is 5.72. The maximum Gasteiger partial charge on any atom is 0.425 e. The molecule has 0 atom stereocenters. The van der Waals surface area contributed by atoms with E-state index in [0.29, 0.717) is 11.2 Å². The number of amides is 1. The monoisotopic (exact) mass is 189 g/mol. The van der Waals surface area contributed by atoms with Crippen molar-refractivity contribution >= 4 is 23.4 Å². The number of hydrazine groups is 1. The molecule has 0 spiro atoms. The Kier molecular flexibility index (Phi) is 3.09. The number of thiocarbonyl (C=S) groups is 1. The number of nitrogens with one attached hydrogen (secondary N) is 3. The average molecular weight is 189 g/mol. The van der Waals surface area contributed by atoms with Gasteiger partial charge >= 0.3 is 6.09 Å². The molecule has 1 fully saturated rings. The summed E-state index contributed by atoms with van der Waals surface area (Å²) in [4.78, 5) is 10.5. The Morgan fingerprint density at radius 1 is 1.50 bits per heavy atom. The van der Waals surface area contributed by atoms with Gasteiger partial charge in [0, 0.05) is 6.04 Å². The Morgan fingerprint density at radius 3 is 2.67 bits per heavy atom. The highest BCUT2D eigenvalue weighted by Crippen LogP contribution is 2.18. The predicted molar refractivity (Wildman–Crippen MR) is 47.4 cm³/mol. The van der Waals surface area contributed by atoms with Crippen LogP contribution in [0, 0.1) is 0 Å². The van der Waals surface area contributed by atoms with Gasteiger partial charge in [-0.1, -0.05) is 0 Å². The lowest BCUT2D eigenvalue weighted by Crippen LogP contribution is -2.47. The van der Waals surface area contributed by atoms with E-state index in [1.807, 2.05) is 0 Å². The lowest BCUT2D eigenvalue weighted by Gasteiger charge is -2.09. The van der Waals surface area contributed by atoms with Gasteiger partial charge in [0.2, 0.25) is 0 Å². The number of methoxy groups -OCH3 is 1. The van der Waals surface area contributed by atoms with E-state index in [2.05, 4.69) is 20.9 Å². The molecule has 5 nitrogen and oxygen atoms in total. The molecule has 0 aromatic carbocycles. The van der Waals surface area contributed by atoms with Crippen molar-refractivity contribution < 1.29 is 9.53 Å². The van der Waals surface area contributed by atoms with Crippen molar-refractivity contribution in [2.75, 3.05) is 7.11 Å². The molecule has 0 aliphatic heterocycles.